The third-order valence-electron chi connectivity index (χ3n) is 5.38. The normalized spacial score (nSPS) is 18.7. The molecule has 2 aliphatic rings. The summed E-state index contributed by atoms with van der Waals surface area (Å²) in [4.78, 5) is 12.3. The van der Waals surface area contributed by atoms with Crippen LogP contribution in [0.4, 0.5) is 13.2 Å². The van der Waals surface area contributed by atoms with Crippen LogP contribution < -0.4 is 15.2 Å². The molecule has 0 unspecified atom stereocenters. The number of ether oxygens (including phenoxy) is 2. The van der Waals surface area contributed by atoms with Gasteiger partial charge in [0.25, 0.3) is 0 Å². The van der Waals surface area contributed by atoms with Gasteiger partial charge in [0.15, 0.2) is 11.5 Å². The molecule has 0 radical (unpaired) electrons. The lowest BCUT2D eigenvalue weighted by Crippen LogP contribution is -2.41. The van der Waals surface area contributed by atoms with Crippen LogP contribution in [0.15, 0.2) is 27.9 Å². The highest BCUT2D eigenvalue weighted by Crippen LogP contribution is 2.34. The number of fused-ring (bicyclic) bond motifs is 1. The van der Waals surface area contributed by atoms with Crippen molar-refractivity contribution < 1.29 is 31.1 Å². The van der Waals surface area contributed by atoms with Gasteiger partial charge in [0, 0.05) is 32.6 Å². The largest absolute Gasteiger partial charge is 0.490 e. The van der Waals surface area contributed by atoms with Crippen LogP contribution in [0.2, 0.25) is 0 Å². The molecule has 1 aromatic heterocycles. The molecular formula is C18H21F3N4O5S. The van der Waals surface area contributed by atoms with Gasteiger partial charge in [-0.3, -0.25) is 4.57 Å². The zero-order valence-corrected chi connectivity index (χ0v) is 17.4. The maximum absolute atomic E-state index is 13.1. The van der Waals surface area contributed by atoms with E-state index in [0.29, 0.717) is 35.7 Å². The molecule has 0 amide bonds. The summed E-state index contributed by atoms with van der Waals surface area (Å²) < 4.78 is 78.7. The summed E-state index contributed by atoms with van der Waals surface area (Å²) in [6.45, 7) is 0.994. The molecular weight excluding hydrogens is 441 g/mol. The lowest BCUT2D eigenvalue weighted by atomic mass is 10.1. The first-order valence-corrected chi connectivity index (χ1v) is 11.2. The van der Waals surface area contributed by atoms with E-state index in [1.165, 1.54) is 16.4 Å². The molecule has 4 rings (SSSR count). The molecule has 3 heterocycles. The number of sulfonamides is 1. The van der Waals surface area contributed by atoms with E-state index in [0.717, 1.165) is 11.7 Å². The van der Waals surface area contributed by atoms with Gasteiger partial charge in [-0.25, -0.2) is 17.9 Å². The van der Waals surface area contributed by atoms with Gasteiger partial charge in [-0.15, -0.1) is 5.10 Å². The molecule has 13 heteroatoms. The summed E-state index contributed by atoms with van der Waals surface area (Å²) in [5, 5.41) is 3.45. The van der Waals surface area contributed by atoms with Crippen LogP contribution >= 0.6 is 0 Å². The van der Waals surface area contributed by atoms with Crippen molar-refractivity contribution in [2.24, 2.45) is 7.05 Å². The molecule has 0 saturated carbocycles. The SMILES string of the molecule is Cn1c(C(F)(F)F)nn(C2CCN(S(=O)(=O)c3ccc4c(c3)OCCCO4)CC2)c1=O. The molecule has 2 aromatic rings. The molecule has 0 atom stereocenters. The summed E-state index contributed by atoms with van der Waals surface area (Å²) in [5.41, 5.74) is -0.878. The number of alkyl halides is 3. The second kappa shape index (κ2) is 7.86. The summed E-state index contributed by atoms with van der Waals surface area (Å²) >= 11 is 0. The van der Waals surface area contributed by atoms with Crippen molar-refractivity contribution in [2.75, 3.05) is 26.3 Å². The van der Waals surface area contributed by atoms with Crippen molar-refractivity contribution in [3.8, 4) is 11.5 Å². The van der Waals surface area contributed by atoms with Gasteiger partial charge in [0.05, 0.1) is 24.2 Å². The zero-order valence-electron chi connectivity index (χ0n) is 16.6. The number of rotatable bonds is 3. The van der Waals surface area contributed by atoms with Crippen LogP contribution in [-0.4, -0.2) is 53.4 Å². The van der Waals surface area contributed by atoms with Gasteiger partial charge >= 0.3 is 11.9 Å². The van der Waals surface area contributed by atoms with Gasteiger partial charge in [-0.2, -0.15) is 17.5 Å². The van der Waals surface area contributed by atoms with Gasteiger partial charge in [0.2, 0.25) is 15.8 Å². The monoisotopic (exact) mass is 462 g/mol. The fraction of sp³-hybridized carbons (Fsp3) is 0.556. The Balaban J connectivity index is 1.51. The molecule has 0 spiro atoms. The Hall–Kier alpha value is -2.54. The fourth-order valence-electron chi connectivity index (χ4n) is 3.72. The van der Waals surface area contributed by atoms with E-state index >= 15 is 0 Å². The Kier molecular flexibility index (Phi) is 5.50. The predicted octanol–water partition coefficient (Wildman–Crippen LogP) is 1.79. The van der Waals surface area contributed by atoms with Crippen molar-refractivity contribution in [3.63, 3.8) is 0 Å². The maximum Gasteiger partial charge on any atom is 0.451 e. The Morgan fingerprint density at radius 2 is 1.74 bits per heavy atom. The number of hydrogen-bond acceptors (Lipinski definition) is 6. The predicted molar refractivity (Wildman–Crippen MR) is 102 cm³/mol. The third kappa shape index (κ3) is 4.03. The van der Waals surface area contributed by atoms with Crippen molar-refractivity contribution >= 4 is 10.0 Å². The van der Waals surface area contributed by atoms with Gasteiger partial charge in [0.1, 0.15) is 0 Å². The number of aromatic nitrogens is 3. The van der Waals surface area contributed by atoms with E-state index in [4.69, 9.17) is 9.47 Å². The van der Waals surface area contributed by atoms with Gasteiger partial charge < -0.3 is 9.47 Å². The average molecular weight is 462 g/mol. The number of piperidine rings is 1. The topological polar surface area (TPSA) is 95.7 Å². The Morgan fingerprint density at radius 3 is 2.35 bits per heavy atom. The minimum absolute atomic E-state index is 0.0459. The summed E-state index contributed by atoms with van der Waals surface area (Å²) in [6, 6.07) is 3.78. The average Bonchev–Trinajstić information content (AvgIpc) is 2.90. The highest BCUT2D eigenvalue weighted by Gasteiger charge is 2.39. The standard InChI is InChI=1S/C18H21F3N4O5S/c1-23-16(18(19,20)21)22-25(17(23)26)12-5-7-24(8-6-12)31(27,28)13-3-4-14-15(11-13)30-10-2-9-29-14/h3-4,11-12H,2,5-10H2,1H3. The smallest absolute Gasteiger partial charge is 0.451 e. The molecule has 1 saturated heterocycles. The lowest BCUT2D eigenvalue weighted by molar-refractivity contribution is -0.147. The zero-order chi connectivity index (χ0) is 22.4. The minimum Gasteiger partial charge on any atom is -0.490 e. The number of nitrogens with zero attached hydrogens (tertiary/aromatic N) is 4. The number of halogens is 3. The van der Waals surface area contributed by atoms with Crippen LogP contribution in [0, 0.1) is 0 Å². The van der Waals surface area contributed by atoms with Crippen LogP contribution in [0.1, 0.15) is 31.1 Å². The maximum atomic E-state index is 13.1. The highest BCUT2D eigenvalue weighted by molar-refractivity contribution is 7.89. The summed E-state index contributed by atoms with van der Waals surface area (Å²) in [6.07, 6.45) is -3.73. The first-order valence-electron chi connectivity index (χ1n) is 9.71. The van der Waals surface area contributed by atoms with Crippen molar-refractivity contribution in [2.45, 2.75) is 36.4 Å². The highest BCUT2D eigenvalue weighted by atomic mass is 32.2. The summed E-state index contributed by atoms with van der Waals surface area (Å²) in [5.74, 6) is -0.446. The van der Waals surface area contributed by atoms with E-state index in [1.54, 1.807) is 6.07 Å². The number of hydrogen-bond donors (Lipinski definition) is 0. The Labute approximate surface area is 176 Å². The number of benzene rings is 1. The van der Waals surface area contributed by atoms with Gasteiger partial charge in [-0.1, -0.05) is 0 Å². The van der Waals surface area contributed by atoms with Crippen molar-refractivity contribution in [1.82, 2.24) is 18.7 Å². The first kappa shape index (κ1) is 21.7. The third-order valence-corrected chi connectivity index (χ3v) is 7.28. The van der Waals surface area contributed by atoms with Crippen LogP contribution in [0.5, 0.6) is 11.5 Å². The fourth-order valence-corrected chi connectivity index (χ4v) is 5.21. The molecule has 1 fully saturated rings. The Morgan fingerprint density at radius 1 is 1.10 bits per heavy atom. The molecule has 170 valence electrons. The minimum atomic E-state index is -4.75. The van der Waals surface area contributed by atoms with E-state index in [9.17, 15) is 26.4 Å². The molecule has 2 aliphatic heterocycles. The molecule has 31 heavy (non-hydrogen) atoms. The van der Waals surface area contributed by atoms with E-state index in [1.807, 2.05) is 0 Å². The molecule has 1 aromatic carbocycles. The van der Waals surface area contributed by atoms with Gasteiger partial charge in [-0.05, 0) is 25.0 Å². The molecule has 0 bridgehead atoms. The van der Waals surface area contributed by atoms with Crippen molar-refractivity contribution in [3.05, 3.63) is 34.5 Å². The van der Waals surface area contributed by atoms with Crippen LogP contribution in [0.3, 0.4) is 0 Å². The Bertz CT molecular complexity index is 1130. The summed E-state index contributed by atoms with van der Waals surface area (Å²) in [7, 11) is -2.83. The lowest BCUT2D eigenvalue weighted by Gasteiger charge is -2.30. The van der Waals surface area contributed by atoms with E-state index in [-0.39, 0.29) is 30.8 Å². The van der Waals surface area contributed by atoms with Crippen LogP contribution in [0.25, 0.3) is 0 Å². The molecule has 9 nitrogen and oxygen atoms in total. The molecule has 0 N–H and O–H groups in total. The second-order valence-corrected chi connectivity index (χ2v) is 9.34. The van der Waals surface area contributed by atoms with E-state index in [2.05, 4.69) is 5.10 Å². The quantitative estimate of drug-likeness (QED) is 0.690. The van der Waals surface area contributed by atoms with E-state index < -0.39 is 33.8 Å². The first-order chi connectivity index (χ1) is 14.6. The second-order valence-electron chi connectivity index (χ2n) is 7.40. The van der Waals surface area contributed by atoms with Crippen molar-refractivity contribution in [1.29, 1.82) is 0 Å². The van der Waals surface area contributed by atoms with Crippen LogP contribution in [-0.2, 0) is 23.2 Å². The molecule has 0 aliphatic carbocycles.